The number of carbonyl (C=O) groups is 3. The number of hydrogen-bond donors (Lipinski definition) is 0. The van der Waals surface area contributed by atoms with Gasteiger partial charge >= 0.3 is 6.03 Å². The second-order valence-corrected chi connectivity index (χ2v) is 8.46. The summed E-state index contributed by atoms with van der Waals surface area (Å²) in [6, 6.07) is 3.31. The largest absolute Gasteiger partial charge is 0.338 e. The lowest BCUT2D eigenvalue weighted by Gasteiger charge is -2.37. The lowest BCUT2D eigenvalue weighted by Crippen LogP contribution is -2.55. The van der Waals surface area contributed by atoms with Crippen LogP contribution >= 0.6 is 11.3 Å². The topological polar surface area (TPSA) is 60.9 Å². The maximum atomic E-state index is 12.8. The Morgan fingerprint density at radius 2 is 1.96 bits per heavy atom. The lowest BCUT2D eigenvalue weighted by atomic mass is 9.88. The van der Waals surface area contributed by atoms with Gasteiger partial charge in [-0.25, -0.2) is 4.79 Å². The zero-order chi connectivity index (χ0) is 18.1. The van der Waals surface area contributed by atoms with Gasteiger partial charge in [-0.3, -0.25) is 14.5 Å². The first-order chi connectivity index (χ1) is 12.6. The molecule has 0 N–H and O–H groups in total. The minimum atomic E-state index is -0.493. The van der Waals surface area contributed by atoms with Crippen molar-refractivity contribution in [2.45, 2.75) is 44.6 Å². The summed E-state index contributed by atoms with van der Waals surface area (Å²) in [6.07, 6.45) is 6.07. The van der Waals surface area contributed by atoms with Crippen LogP contribution in [0.2, 0.25) is 0 Å². The number of hydrogen-bond acceptors (Lipinski definition) is 4. The smallest absolute Gasteiger partial charge is 0.327 e. The van der Waals surface area contributed by atoms with Crippen LogP contribution in [0.25, 0.3) is 0 Å². The first-order valence-corrected chi connectivity index (χ1v) is 10.5. The van der Waals surface area contributed by atoms with Crippen molar-refractivity contribution in [3.8, 4) is 0 Å². The number of nitrogens with zero attached hydrogens (tertiary/aromatic N) is 3. The van der Waals surface area contributed by atoms with Gasteiger partial charge in [-0.1, -0.05) is 25.3 Å². The SMILES string of the molecule is O=C(C1CCCCC1)N1CCN2C(=O)N(CCc3cccs3)C(=O)C2C1. The molecule has 2 aliphatic heterocycles. The molecule has 1 atom stereocenters. The maximum Gasteiger partial charge on any atom is 0.327 e. The molecule has 6 nitrogen and oxygen atoms in total. The van der Waals surface area contributed by atoms with Gasteiger partial charge in [0, 0.05) is 30.4 Å². The molecule has 3 fully saturated rings. The molecule has 2 saturated heterocycles. The van der Waals surface area contributed by atoms with Gasteiger partial charge in [-0.15, -0.1) is 11.3 Å². The number of amides is 4. The Hall–Kier alpha value is -1.89. The Morgan fingerprint density at radius 3 is 2.69 bits per heavy atom. The van der Waals surface area contributed by atoms with E-state index >= 15 is 0 Å². The van der Waals surface area contributed by atoms with Gasteiger partial charge in [-0.05, 0) is 30.7 Å². The van der Waals surface area contributed by atoms with Crippen molar-refractivity contribution in [1.82, 2.24) is 14.7 Å². The van der Waals surface area contributed by atoms with E-state index in [2.05, 4.69) is 0 Å². The molecule has 140 valence electrons. The number of imide groups is 1. The van der Waals surface area contributed by atoms with Crippen molar-refractivity contribution in [3.63, 3.8) is 0 Å². The standard InChI is InChI=1S/C19H25N3O3S/c23-17(14-5-2-1-3-6-14)20-10-11-21-16(13-20)18(24)22(19(21)25)9-8-15-7-4-12-26-15/h4,7,12,14,16H,1-3,5-6,8-11,13H2. The predicted molar refractivity (Wildman–Crippen MR) is 98.8 cm³/mol. The van der Waals surface area contributed by atoms with Crippen LogP contribution in [0.4, 0.5) is 4.79 Å². The van der Waals surface area contributed by atoms with Crippen LogP contribution in [-0.2, 0) is 16.0 Å². The molecular formula is C19H25N3O3S. The first kappa shape index (κ1) is 17.5. The monoisotopic (exact) mass is 375 g/mol. The van der Waals surface area contributed by atoms with E-state index in [9.17, 15) is 14.4 Å². The van der Waals surface area contributed by atoms with E-state index in [1.54, 1.807) is 16.2 Å². The van der Waals surface area contributed by atoms with Gasteiger partial charge in [0.1, 0.15) is 6.04 Å². The van der Waals surface area contributed by atoms with Crippen molar-refractivity contribution < 1.29 is 14.4 Å². The molecule has 1 aromatic heterocycles. The van der Waals surface area contributed by atoms with Crippen LogP contribution < -0.4 is 0 Å². The third-order valence-electron chi connectivity index (χ3n) is 5.84. The van der Waals surface area contributed by atoms with E-state index in [0.29, 0.717) is 32.6 Å². The van der Waals surface area contributed by atoms with Crippen LogP contribution in [0, 0.1) is 5.92 Å². The van der Waals surface area contributed by atoms with Crippen LogP contribution in [0.3, 0.4) is 0 Å². The molecule has 4 amide bonds. The fourth-order valence-corrected chi connectivity index (χ4v) is 5.04. The van der Waals surface area contributed by atoms with E-state index in [0.717, 1.165) is 25.7 Å². The molecule has 7 heteroatoms. The fraction of sp³-hybridized carbons (Fsp3) is 0.632. The number of fused-ring (bicyclic) bond motifs is 1. The van der Waals surface area contributed by atoms with E-state index in [1.807, 2.05) is 22.4 Å². The van der Waals surface area contributed by atoms with Gasteiger partial charge in [0.2, 0.25) is 5.91 Å². The summed E-state index contributed by atoms with van der Waals surface area (Å²) in [5.41, 5.74) is 0. The fourth-order valence-electron chi connectivity index (χ4n) is 4.34. The van der Waals surface area contributed by atoms with Gasteiger partial charge in [0.25, 0.3) is 5.91 Å². The average Bonchev–Trinajstić information content (AvgIpc) is 3.28. The molecule has 4 rings (SSSR count). The zero-order valence-electron chi connectivity index (χ0n) is 14.9. The molecule has 1 unspecified atom stereocenters. The van der Waals surface area contributed by atoms with Crippen LogP contribution in [0.1, 0.15) is 37.0 Å². The summed E-state index contributed by atoms with van der Waals surface area (Å²) >= 11 is 1.64. The van der Waals surface area contributed by atoms with E-state index in [1.165, 1.54) is 16.2 Å². The normalized spacial score (nSPS) is 24.3. The molecule has 3 heterocycles. The van der Waals surface area contributed by atoms with Crippen molar-refractivity contribution in [1.29, 1.82) is 0 Å². The van der Waals surface area contributed by atoms with E-state index < -0.39 is 6.04 Å². The third kappa shape index (κ3) is 3.24. The van der Waals surface area contributed by atoms with Gasteiger partial charge in [0.05, 0.1) is 6.54 Å². The van der Waals surface area contributed by atoms with Crippen LogP contribution in [-0.4, -0.2) is 64.8 Å². The maximum absolute atomic E-state index is 12.8. The van der Waals surface area contributed by atoms with Crippen LogP contribution in [0.15, 0.2) is 17.5 Å². The number of rotatable bonds is 4. The Balaban J connectivity index is 1.39. The Morgan fingerprint density at radius 1 is 1.15 bits per heavy atom. The molecule has 0 bridgehead atoms. The Bertz CT molecular complexity index is 684. The number of carbonyl (C=O) groups excluding carboxylic acids is 3. The zero-order valence-corrected chi connectivity index (χ0v) is 15.7. The molecule has 1 saturated carbocycles. The van der Waals surface area contributed by atoms with Gasteiger partial charge in [-0.2, -0.15) is 0 Å². The molecule has 26 heavy (non-hydrogen) atoms. The summed E-state index contributed by atoms with van der Waals surface area (Å²) in [6.45, 7) is 1.78. The first-order valence-electron chi connectivity index (χ1n) is 9.58. The highest BCUT2D eigenvalue weighted by atomic mass is 32.1. The molecular weight excluding hydrogens is 350 g/mol. The van der Waals surface area contributed by atoms with Crippen molar-refractivity contribution in [2.24, 2.45) is 5.92 Å². The molecule has 1 aliphatic carbocycles. The summed E-state index contributed by atoms with van der Waals surface area (Å²) in [7, 11) is 0. The Labute approximate surface area is 157 Å². The highest BCUT2D eigenvalue weighted by Gasteiger charge is 2.48. The Kier molecular flexibility index (Phi) is 4.98. The highest BCUT2D eigenvalue weighted by molar-refractivity contribution is 7.09. The van der Waals surface area contributed by atoms with Crippen LogP contribution in [0.5, 0.6) is 0 Å². The van der Waals surface area contributed by atoms with Crippen molar-refractivity contribution in [3.05, 3.63) is 22.4 Å². The molecule has 0 spiro atoms. The number of thiophene rings is 1. The summed E-state index contributed by atoms with van der Waals surface area (Å²) < 4.78 is 0. The average molecular weight is 375 g/mol. The van der Waals surface area contributed by atoms with Crippen molar-refractivity contribution >= 4 is 29.2 Å². The van der Waals surface area contributed by atoms with Gasteiger partial charge < -0.3 is 9.80 Å². The molecule has 0 radical (unpaired) electrons. The van der Waals surface area contributed by atoms with E-state index in [-0.39, 0.29) is 23.8 Å². The van der Waals surface area contributed by atoms with E-state index in [4.69, 9.17) is 0 Å². The summed E-state index contributed by atoms with van der Waals surface area (Å²) in [5.74, 6) is 0.145. The third-order valence-corrected chi connectivity index (χ3v) is 6.77. The lowest BCUT2D eigenvalue weighted by molar-refractivity contribution is -0.140. The number of piperazine rings is 1. The summed E-state index contributed by atoms with van der Waals surface area (Å²) in [4.78, 5) is 44.2. The van der Waals surface area contributed by atoms with Gasteiger partial charge in [0.15, 0.2) is 0 Å². The summed E-state index contributed by atoms with van der Waals surface area (Å²) in [5, 5.41) is 2.00. The quantitative estimate of drug-likeness (QED) is 0.759. The highest BCUT2D eigenvalue weighted by Crippen LogP contribution is 2.28. The predicted octanol–water partition coefficient (Wildman–Crippen LogP) is 2.35. The van der Waals surface area contributed by atoms with Crippen molar-refractivity contribution in [2.75, 3.05) is 26.2 Å². The molecule has 1 aromatic rings. The molecule has 3 aliphatic rings. The minimum absolute atomic E-state index is 0.109. The molecule has 0 aromatic carbocycles. The second kappa shape index (κ2) is 7.39. The number of urea groups is 1. The second-order valence-electron chi connectivity index (χ2n) is 7.43. The minimum Gasteiger partial charge on any atom is -0.338 e.